The van der Waals surface area contributed by atoms with Gasteiger partial charge in [0.15, 0.2) is 0 Å². The highest BCUT2D eigenvalue weighted by Crippen LogP contribution is 2.28. The van der Waals surface area contributed by atoms with Gasteiger partial charge in [0.25, 0.3) is 0 Å². The Morgan fingerprint density at radius 1 is 0.913 bits per heavy atom. The van der Waals surface area contributed by atoms with E-state index in [1.165, 1.54) is 32.1 Å². The van der Waals surface area contributed by atoms with E-state index in [-0.39, 0.29) is 24.5 Å². The van der Waals surface area contributed by atoms with Crippen molar-refractivity contribution in [2.24, 2.45) is 11.8 Å². The van der Waals surface area contributed by atoms with E-state index in [1.54, 1.807) is 5.48 Å². The molecule has 132 valence electrons. The Bertz CT molecular complexity index is 375. The summed E-state index contributed by atoms with van der Waals surface area (Å²) < 4.78 is 5.70. The minimum absolute atomic E-state index is 0.0163. The first-order valence-electron chi connectivity index (χ1n) is 8.98. The smallest absolute Gasteiger partial charge is 0.246 e. The average molecular weight is 326 g/mol. The maximum Gasteiger partial charge on any atom is 0.246 e. The van der Waals surface area contributed by atoms with Crippen molar-refractivity contribution in [3.8, 4) is 0 Å². The maximum atomic E-state index is 11.9. The number of hydroxylamine groups is 1. The molecule has 0 heterocycles. The molecule has 0 unspecified atom stereocenters. The van der Waals surface area contributed by atoms with Gasteiger partial charge in [-0.05, 0) is 50.4 Å². The fourth-order valence-corrected chi connectivity index (χ4v) is 3.70. The molecular weight excluding hydrogens is 296 g/mol. The van der Waals surface area contributed by atoms with Crippen LogP contribution in [0, 0.1) is 11.8 Å². The van der Waals surface area contributed by atoms with E-state index >= 15 is 0 Å². The number of amides is 2. The van der Waals surface area contributed by atoms with Crippen molar-refractivity contribution in [1.82, 2.24) is 10.8 Å². The molecule has 2 aliphatic carbocycles. The van der Waals surface area contributed by atoms with Crippen LogP contribution in [-0.4, -0.2) is 36.3 Å². The highest BCUT2D eigenvalue weighted by Gasteiger charge is 2.24. The van der Waals surface area contributed by atoms with Crippen molar-refractivity contribution >= 4 is 11.8 Å². The second-order valence-corrected chi connectivity index (χ2v) is 7.00. The van der Waals surface area contributed by atoms with Crippen LogP contribution in [0.5, 0.6) is 0 Å². The monoisotopic (exact) mass is 326 g/mol. The molecule has 2 fully saturated rings. The van der Waals surface area contributed by atoms with Crippen LogP contribution in [0.3, 0.4) is 0 Å². The van der Waals surface area contributed by atoms with Crippen LogP contribution in [0.25, 0.3) is 0 Å². The zero-order chi connectivity index (χ0) is 16.5. The summed E-state index contributed by atoms with van der Waals surface area (Å²) >= 11 is 0. The SMILES string of the molecule is O=C(CC1CCC(OCC(=O)NCC2CCCCC2)CC1)NO. The number of rotatable bonds is 7. The van der Waals surface area contributed by atoms with Crippen molar-refractivity contribution in [1.29, 1.82) is 0 Å². The zero-order valence-corrected chi connectivity index (χ0v) is 13.9. The van der Waals surface area contributed by atoms with E-state index in [0.717, 1.165) is 32.2 Å². The quantitative estimate of drug-likeness (QED) is 0.494. The van der Waals surface area contributed by atoms with Gasteiger partial charge in [-0.1, -0.05) is 19.3 Å². The molecule has 2 rings (SSSR count). The van der Waals surface area contributed by atoms with Gasteiger partial charge in [0.05, 0.1) is 6.10 Å². The summed E-state index contributed by atoms with van der Waals surface area (Å²) in [5.74, 6) is 0.608. The van der Waals surface area contributed by atoms with Gasteiger partial charge in [0.2, 0.25) is 11.8 Å². The zero-order valence-electron chi connectivity index (χ0n) is 13.9. The van der Waals surface area contributed by atoms with Gasteiger partial charge in [0, 0.05) is 13.0 Å². The Balaban J connectivity index is 1.54. The first kappa shape index (κ1) is 18.2. The molecule has 0 atom stereocenters. The summed E-state index contributed by atoms with van der Waals surface area (Å²) in [5.41, 5.74) is 1.68. The first-order chi connectivity index (χ1) is 11.2. The molecule has 3 N–H and O–H groups in total. The maximum absolute atomic E-state index is 11.9. The summed E-state index contributed by atoms with van der Waals surface area (Å²) in [5, 5.41) is 11.5. The minimum atomic E-state index is -0.323. The number of ether oxygens (including phenoxy) is 1. The number of carbonyl (C=O) groups excluding carboxylic acids is 2. The Labute approximate surface area is 138 Å². The lowest BCUT2D eigenvalue weighted by Gasteiger charge is -2.28. The summed E-state index contributed by atoms with van der Waals surface area (Å²) in [6, 6.07) is 0. The molecule has 2 aliphatic rings. The predicted octanol–water partition coefficient (Wildman–Crippen LogP) is 2.15. The molecule has 0 aromatic heterocycles. The Morgan fingerprint density at radius 2 is 1.61 bits per heavy atom. The van der Waals surface area contributed by atoms with Crippen LogP contribution < -0.4 is 10.8 Å². The molecule has 6 nitrogen and oxygen atoms in total. The van der Waals surface area contributed by atoms with E-state index in [0.29, 0.717) is 18.3 Å². The number of carbonyl (C=O) groups is 2. The third kappa shape index (κ3) is 6.87. The highest BCUT2D eigenvalue weighted by molar-refractivity contribution is 5.77. The van der Waals surface area contributed by atoms with Gasteiger partial charge in [-0.25, -0.2) is 5.48 Å². The average Bonchev–Trinajstić information content (AvgIpc) is 2.60. The van der Waals surface area contributed by atoms with Gasteiger partial charge >= 0.3 is 0 Å². The standard InChI is InChI=1S/C17H30N2O4/c20-16(19-22)10-13-6-8-15(9-7-13)23-12-17(21)18-11-14-4-2-1-3-5-14/h13-15,22H,1-12H2,(H,18,21)(H,19,20). The van der Waals surface area contributed by atoms with E-state index < -0.39 is 0 Å². The Morgan fingerprint density at radius 3 is 2.26 bits per heavy atom. The van der Waals surface area contributed by atoms with Crippen molar-refractivity contribution in [3.05, 3.63) is 0 Å². The van der Waals surface area contributed by atoms with Crippen LogP contribution in [0.2, 0.25) is 0 Å². The topological polar surface area (TPSA) is 87.7 Å². The number of hydrogen-bond donors (Lipinski definition) is 3. The third-order valence-electron chi connectivity index (χ3n) is 5.16. The van der Waals surface area contributed by atoms with Crippen molar-refractivity contribution in [2.45, 2.75) is 70.3 Å². The number of hydrogen-bond acceptors (Lipinski definition) is 4. The Kier molecular flexibility index (Phi) is 7.82. The van der Waals surface area contributed by atoms with Gasteiger partial charge in [0.1, 0.15) is 6.61 Å². The van der Waals surface area contributed by atoms with Gasteiger partial charge in [-0.15, -0.1) is 0 Å². The van der Waals surface area contributed by atoms with Crippen molar-refractivity contribution in [3.63, 3.8) is 0 Å². The van der Waals surface area contributed by atoms with Crippen LogP contribution in [0.4, 0.5) is 0 Å². The lowest BCUT2D eigenvalue weighted by Crippen LogP contribution is -2.35. The lowest BCUT2D eigenvalue weighted by atomic mass is 9.85. The van der Waals surface area contributed by atoms with Crippen LogP contribution >= 0.6 is 0 Å². The second-order valence-electron chi connectivity index (χ2n) is 7.00. The van der Waals surface area contributed by atoms with Gasteiger partial charge in [-0.2, -0.15) is 0 Å². The molecule has 2 amide bonds. The second kappa shape index (κ2) is 9.88. The molecule has 0 bridgehead atoms. The van der Waals surface area contributed by atoms with Gasteiger partial charge in [-0.3, -0.25) is 14.8 Å². The van der Waals surface area contributed by atoms with Crippen LogP contribution in [-0.2, 0) is 14.3 Å². The van der Waals surface area contributed by atoms with Crippen molar-refractivity contribution in [2.75, 3.05) is 13.2 Å². The summed E-state index contributed by atoms with van der Waals surface area (Å²) in [6.45, 7) is 0.921. The lowest BCUT2D eigenvalue weighted by molar-refractivity contribution is -0.131. The van der Waals surface area contributed by atoms with Gasteiger partial charge < -0.3 is 10.1 Å². The normalized spacial score (nSPS) is 25.8. The molecule has 6 heteroatoms. The highest BCUT2D eigenvalue weighted by atomic mass is 16.5. The van der Waals surface area contributed by atoms with Crippen LogP contribution in [0.1, 0.15) is 64.2 Å². The molecular formula is C17H30N2O4. The fraction of sp³-hybridized carbons (Fsp3) is 0.882. The molecule has 0 saturated heterocycles. The first-order valence-corrected chi connectivity index (χ1v) is 8.98. The summed E-state index contributed by atoms with van der Waals surface area (Å²) in [4.78, 5) is 23.0. The largest absolute Gasteiger partial charge is 0.368 e. The summed E-state index contributed by atoms with van der Waals surface area (Å²) in [6.07, 6.45) is 10.4. The Hall–Kier alpha value is -1.14. The molecule has 2 saturated carbocycles. The van der Waals surface area contributed by atoms with E-state index in [2.05, 4.69) is 5.32 Å². The summed E-state index contributed by atoms with van der Waals surface area (Å²) in [7, 11) is 0. The molecule has 0 spiro atoms. The fourth-order valence-electron chi connectivity index (χ4n) is 3.70. The number of nitrogens with one attached hydrogen (secondary N) is 2. The van der Waals surface area contributed by atoms with E-state index in [1.807, 2.05) is 0 Å². The molecule has 0 aliphatic heterocycles. The molecule has 0 aromatic carbocycles. The molecule has 0 radical (unpaired) electrons. The predicted molar refractivity (Wildman–Crippen MR) is 85.8 cm³/mol. The minimum Gasteiger partial charge on any atom is -0.368 e. The van der Waals surface area contributed by atoms with Crippen LogP contribution in [0.15, 0.2) is 0 Å². The van der Waals surface area contributed by atoms with E-state index in [4.69, 9.17) is 9.94 Å². The third-order valence-corrected chi connectivity index (χ3v) is 5.16. The van der Waals surface area contributed by atoms with Crippen molar-refractivity contribution < 1.29 is 19.5 Å². The molecule has 0 aromatic rings. The molecule has 23 heavy (non-hydrogen) atoms. The van der Waals surface area contributed by atoms with E-state index in [9.17, 15) is 9.59 Å².